The first kappa shape index (κ1) is 25.4. The number of benzene rings is 2. The maximum Gasteiger partial charge on any atom is 0.416 e. The lowest BCUT2D eigenvalue weighted by atomic mass is 10.0. The van der Waals surface area contributed by atoms with E-state index in [1.165, 1.54) is 11.9 Å². The summed E-state index contributed by atoms with van der Waals surface area (Å²) in [5, 5.41) is 2.90. The summed E-state index contributed by atoms with van der Waals surface area (Å²) < 4.78 is 78.4. The lowest BCUT2D eigenvalue weighted by molar-refractivity contribution is -0.143. The molecule has 0 radical (unpaired) electrons. The highest BCUT2D eigenvalue weighted by Gasteiger charge is 2.37. The topological polar surface area (TPSA) is 52.7 Å². The Labute approximate surface area is 192 Å². The zero-order chi connectivity index (χ0) is 25.1. The van der Waals surface area contributed by atoms with E-state index in [0.717, 1.165) is 4.90 Å². The molecule has 11 heteroatoms. The van der Waals surface area contributed by atoms with Gasteiger partial charge in [0.25, 0.3) is 5.91 Å². The Kier molecular flexibility index (Phi) is 7.42. The molecule has 1 fully saturated rings. The summed E-state index contributed by atoms with van der Waals surface area (Å²) in [6.45, 7) is 0.162. The van der Waals surface area contributed by atoms with Gasteiger partial charge in [-0.3, -0.25) is 4.79 Å². The van der Waals surface area contributed by atoms with Gasteiger partial charge < -0.3 is 15.1 Å². The Morgan fingerprint density at radius 1 is 0.941 bits per heavy atom. The minimum atomic E-state index is -4.95. The zero-order valence-electron chi connectivity index (χ0n) is 18.2. The number of nitrogens with one attached hydrogen (secondary N) is 1. The molecule has 34 heavy (non-hydrogen) atoms. The van der Waals surface area contributed by atoms with Gasteiger partial charge in [-0.25, -0.2) is 4.79 Å². The SMILES string of the molecule is CN(Cc1cc(C(F)(F)F)cc(C(F)(F)F)c1)C(=O)N1CCC(NC(=O)c2ccccc2)CC1. The van der Waals surface area contributed by atoms with Gasteiger partial charge in [0.15, 0.2) is 0 Å². The first-order valence-corrected chi connectivity index (χ1v) is 10.5. The fraction of sp³-hybridized carbons (Fsp3) is 0.391. The molecule has 0 aromatic heterocycles. The third-order valence-electron chi connectivity index (χ3n) is 5.53. The summed E-state index contributed by atoms with van der Waals surface area (Å²) in [5.74, 6) is -0.229. The number of carbonyl (C=O) groups is 2. The molecule has 2 aromatic carbocycles. The highest BCUT2D eigenvalue weighted by Crippen LogP contribution is 2.36. The van der Waals surface area contributed by atoms with Crippen LogP contribution in [0.1, 0.15) is 39.9 Å². The van der Waals surface area contributed by atoms with E-state index < -0.39 is 36.1 Å². The van der Waals surface area contributed by atoms with Gasteiger partial charge in [0.1, 0.15) is 0 Å². The Hall–Kier alpha value is -3.24. The van der Waals surface area contributed by atoms with E-state index in [0.29, 0.717) is 43.6 Å². The molecule has 0 spiro atoms. The maximum absolute atomic E-state index is 13.1. The lowest BCUT2D eigenvalue weighted by Crippen LogP contribution is -2.49. The highest BCUT2D eigenvalue weighted by molar-refractivity contribution is 5.94. The van der Waals surface area contributed by atoms with E-state index in [1.807, 2.05) is 0 Å². The summed E-state index contributed by atoms with van der Waals surface area (Å²) in [4.78, 5) is 27.6. The third kappa shape index (κ3) is 6.42. The van der Waals surface area contributed by atoms with Crippen LogP contribution in [0.2, 0.25) is 0 Å². The van der Waals surface area contributed by atoms with Gasteiger partial charge in [0.05, 0.1) is 11.1 Å². The maximum atomic E-state index is 13.1. The van der Waals surface area contributed by atoms with Gasteiger partial charge in [-0.1, -0.05) is 18.2 Å². The van der Waals surface area contributed by atoms with E-state index in [9.17, 15) is 35.9 Å². The molecule has 0 aliphatic carbocycles. The zero-order valence-corrected chi connectivity index (χ0v) is 18.2. The molecule has 184 valence electrons. The number of hydrogen-bond donors (Lipinski definition) is 1. The van der Waals surface area contributed by atoms with Gasteiger partial charge in [-0.15, -0.1) is 0 Å². The van der Waals surface area contributed by atoms with Crippen LogP contribution < -0.4 is 5.32 Å². The number of carbonyl (C=O) groups excluding carboxylic acids is 2. The third-order valence-corrected chi connectivity index (χ3v) is 5.53. The molecule has 3 amide bonds. The fourth-order valence-corrected chi connectivity index (χ4v) is 3.77. The lowest BCUT2D eigenvalue weighted by Gasteiger charge is -2.35. The monoisotopic (exact) mass is 487 g/mol. The summed E-state index contributed by atoms with van der Waals surface area (Å²) in [6.07, 6.45) is -8.96. The van der Waals surface area contributed by atoms with Gasteiger partial charge in [0.2, 0.25) is 0 Å². The molecule has 0 atom stereocenters. The first-order chi connectivity index (χ1) is 15.8. The van der Waals surface area contributed by atoms with Crippen LogP contribution in [0.25, 0.3) is 0 Å². The van der Waals surface area contributed by atoms with Crippen molar-refractivity contribution in [2.45, 2.75) is 37.8 Å². The first-order valence-electron chi connectivity index (χ1n) is 10.5. The van der Waals surface area contributed by atoms with Crippen molar-refractivity contribution in [2.75, 3.05) is 20.1 Å². The molecule has 1 heterocycles. The Morgan fingerprint density at radius 2 is 1.47 bits per heavy atom. The Bertz CT molecular complexity index is 983. The Morgan fingerprint density at radius 3 is 1.97 bits per heavy atom. The molecule has 1 aliphatic heterocycles. The molecule has 1 saturated heterocycles. The molecule has 1 aliphatic rings. The van der Waals surface area contributed by atoms with Crippen molar-refractivity contribution < 1.29 is 35.9 Å². The number of nitrogens with zero attached hydrogens (tertiary/aromatic N) is 2. The number of piperidine rings is 1. The van der Waals surface area contributed by atoms with Gasteiger partial charge in [-0.05, 0) is 48.7 Å². The predicted molar refractivity (Wildman–Crippen MR) is 112 cm³/mol. The standard InChI is InChI=1S/C23H23F6N3O2/c1-31(14-15-11-17(22(24,25)26)13-18(12-15)23(27,28)29)21(34)32-9-7-19(8-10-32)30-20(33)16-5-3-2-4-6-16/h2-6,11-13,19H,7-10,14H2,1H3,(H,30,33). The summed E-state index contributed by atoms with van der Waals surface area (Å²) >= 11 is 0. The normalized spacial score (nSPS) is 15.2. The quantitative estimate of drug-likeness (QED) is 0.605. The van der Waals surface area contributed by atoms with Crippen molar-refractivity contribution in [1.29, 1.82) is 0 Å². The van der Waals surface area contributed by atoms with Crippen LogP contribution in [0.15, 0.2) is 48.5 Å². The van der Waals surface area contributed by atoms with E-state index >= 15 is 0 Å². The number of urea groups is 1. The summed E-state index contributed by atoms with van der Waals surface area (Å²) in [7, 11) is 1.32. The molecule has 0 bridgehead atoms. The van der Waals surface area contributed by atoms with Crippen LogP contribution in [-0.4, -0.2) is 47.9 Å². The van der Waals surface area contributed by atoms with Crippen molar-refractivity contribution in [3.05, 3.63) is 70.8 Å². The molecule has 1 N–H and O–H groups in total. The number of hydrogen-bond acceptors (Lipinski definition) is 2. The molecular formula is C23H23F6N3O2. The molecule has 5 nitrogen and oxygen atoms in total. The van der Waals surface area contributed by atoms with Crippen LogP contribution in [0.5, 0.6) is 0 Å². The predicted octanol–water partition coefficient (Wildman–Crippen LogP) is 5.17. The number of alkyl halides is 6. The van der Waals surface area contributed by atoms with Crippen molar-refractivity contribution >= 4 is 11.9 Å². The second kappa shape index (κ2) is 9.94. The summed E-state index contributed by atoms with van der Waals surface area (Å²) in [5.41, 5.74) is -2.61. The molecular weight excluding hydrogens is 464 g/mol. The smallest absolute Gasteiger partial charge is 0.349 e. The van der Waals surface area contributed by atoms with Crippen LogP contribution in [0.4, 0.5) is 31.1 Å². The number of amides is 3. The minimum Gasteiger partial charge on any atom is -0.349 e. The largest absolute Gasteiger partial charge is 0.416 e. The Balaban J connectivity index is 1.61. The number of likely N-dealkylation sites (tertiary alicyclic amines) is 1. The molecule has 2 aromatic rings. The minimum absolute atomic E-state index is 0.0554. The van der Waals surface area contributed by atoms with E-state index in [1.54, 1.807) is 30.3 Å². The van der Waals surface area contributed by atoms with E-state index in [2.05, 4.69) is 5.32 Å². The van der Waals surface area contributed by atoms with Crippen molar-refractivity contribution in [3.63, 3.8) is 0 Å². The average Bonchev–Trinajstić information content (AvgIpc) is 2.78. The van der Waals surface area contributed by atoms with E-state index in [-0.39, 0.29) is 23.6 Å². The van der Waals surface area contributed by atoms with Crippen LogP contribution >= 0.6 is 0 Å². The highest BCUT2D eigenvalue weighted by atomic mass is 19.4. The van der Waals surface area contributed by atoms with E-state index in [4.69, 9.17) is 0 Å². The van der Waals surface area contributed by atoms with Gasteiger partial charge in [0, 0.05) is 38.3 Å². The van der Waals surface area contributed by atoms with Crippen molar-refractivity contribution in [3.8, 4) is 0 Å². The van der Waals surface area contributed by atoms with Crippen LogP contribution in [-0.2, 0) is 18.9 Å². The average molecular weight is 487 g/mol. The van der Waals surface area contributed by atoms with Gasteiger partial charge in [-0.2, -0.15) is 26.3 Å². The second-order valence-corrected chi connectivity index (χ2v) is 8.15. The molecule has 3 rings (SSSR count). The van der Waals surface area contributed by atoms with Crippen LogP contribution in [0, 0.1) is 0 Å². The molecule has 0 saturated carbocycles. The van der Waals surface area contributed by atoms with Crippen LogP contribution in [0.3, 0.4) is 0 Å². The molecule has 0 unspecified atom stereocenters. The summed E-state index contributed by atoms with van der Waals surface area (Å²) in [6, 6.07) is 9.26. The number of halogens is 6. The van der Waals surface area contributed by atoms with Gasteiger partial charge >= 0.3 is 18.4 Å². The van der Waals surface area contributed by atoms with Crippen molar-refractivity contribution in [2.24, 2.45) is 0 Å². The van der Waals surface area contributed by atoms with Crippen molar-refractivity contribution in [1.82, 2.24) is 15.1 Å². The number of rotatable bonds is 4. The fourth-order valence-electron chi connectivity index (χ4n) is 3.77. The second-order valence-electron chi connectivity index (χ2n) is 8.15.